The summed E-state index contributed by atoms with van der Waals surface area (Å²) in [4.78, 5) is 23.9. The average Bonchev–Trinajstić information content (AvgIpc) is 2.10. The number of nitrogens with one attached hydrogen (secondary N) is 1. The summed E-state index contributed by atoms with van der Waals surface area (Å²) in [6.45, 7) is 0.120. The summed E-state index contributed by atoms with van der Waals surface area (Å²) in [6, 6.07) is -0.810. The molecule has 78 valence electrons. The second kappa shape index (κ2) is 2.94. The summed E-state index contributed by atoms with van der Waals surface area (Å²) >= 11 is 0. The Morgan fingerprint density at radius 2 is 2.07 bits per heavy atom. The Bertz CT molecular complexity index is 388. The first kappa shape index (κ1) is 9.45. The highest BCUT2D eigenvalue weighted by molar-refractivity contribution is 7.91. The summed E-state index contributed by atoms with van der Waals surface area (Å²) in [5, 5.41) is 2.37. The molecule has 1 atom stereocenters. The molecule has 2 aliphatic rings. The third kappa shape index (κ3) is 1.47. The summed E-state index contributed by atoms with van der Waals surface area (Å²) in [5.41, 5.74) is 0. The van der Waals surface area contributed by atoms with Crippen molar-refractivity contribution >= 4 is 21.7 Å². The van der Waals surface area contributed by atoms with Gasteiger partial charge in [-0.1, -0.05) is 0 Å². The summed E-state index contributed by atoms with van der Waals surface area (Å²) in [7, 11) is -3.16. The van der Waals surface area contributed by atoms with Crippen molar-refractivity contribution in [3.05, 3.63) is 0 Å². The van der Waals surface area contributed by atoms with Crippen LogP contribution in [-0.4, -0.2) is 55.8 Å². The van der Waals surface area contributed by atoms with Crippen LogP contribution < -0.4 is 5.32 Å². The van der Waals surface area contributed by atoms with E-state index in [0.29, 0.717) is 0 Å². The van der Waals surface area contributed by atoms with Gasteiger partial charge in [0.1, 0.15) is 6.04 Å². The van der Waals surface area contributed by atoms with Crippen LogP contribution in [0.3, 0.4) is 0 Å². The van der Waals surface area contributed by atoms with Gasteiger partial charge >= 0.3 is 0 Å². The second-order valence-corrected chi connectivity index (χ2v) is 5.66. The maximum atomic E-state index is 11.3. The van der Waals surface area contributed by atoms with Crippen LogP contribution in [-0.2, 0) is 19.4 Å². The van der Waals surface area contributed by atoms with Crippen LogP contribution in [0.1, 0.15) is 0 Å². The Morgan fingerprint density at radius 3 is 2.79 bits per heavy atom. The van der Waals surface area contributed by atoms with Crippen LogP contribution >= 0.6 is 0 Å². The van der Waals surface area contributed by atoms with Gasteiger partial charge in [-0.05, 0) is 0 Å². The highest BCUT2D eigenvalue weighted by atomic mass is 32.2. The van der Waals surface area contributed by atoms with Crippen molar-refractivity contribution in [3.8, 4) is 0 Å². The minimum absolute atomic E-state index is 0.0185. The highest BCUT2D eigenvalue weighted by Gasteiger charge is 2.41. The van der Waals surface area contributed by atoms with E-state index in [1.165, 1.54) is 4.90 Å². The minimum Gasteiger partial charge on any atom is -0.345 e. The molecular formula is C7H10N2O4S. The Balaban J connectivity index is 2.27. The van der Waals surface area contributed by atoms with Crippen LogP contribution in [0.25, 0.3) is 0 Å². The van der Waals surface area contributed by atoms with Crippen molar-refractivity contribution in [2.75, 3.05) is 24.6 Å². The fourth-order valence-electron chi connectivity index (χ4n) is 1.70. The fraction of sp³-hybridized carbons (Fsp3) is 0.714. The number of fused-ring (bicyclic) bond motifs is 1. The van der Waals surface area contributed by atoms with Gasteiger partial charge in [-0.2, -0.15) is 0 Å². The molecule has 14 heavy (non-hydrogen) atoms. The van der Waals surface area contributed by atoms with Gasteiger partial charge in [0.2, 0.25) is 11.8 Å². The number of piperazine rings is 1. The van der Waals surface area contributed by atoms with Gasteiger partial charge in [-0.15, -0.1) is 0 Å². The summed E-state index contributed by atoms with van der Waals surface area (Å²) < 4.78 is 22.5. The Kier molecular flexibility index (Phi) is 1.99. The first-order valence-corrected chi connectivity index (χ1v) is 6.09. The lowest BCUT2D eigenvalue weighted by atomic mass is 10.2. The van der Waals surface area contributed by atoms with E-state index in [0.717, 1.165) is 0 Å². The topological polar surface area (TPSA) is 83.6 Å². The average molecular weight is 218 g/mol. The zero-order valence-corrected chi connectivity index (χ0v) is 8.21. The Hall–Kier alpha value is -1.11. The third-order valence-electron chi connectivity index (χ3n) is 2.47. The number of carbonyl (C=O) groups excluding carboxylic acids is 2. The monoisotopic (exact) mass is 218 g/mol. The van der Waals surface area contributed by atoms with Gasteiger partial charge < -0.3 is 10.2 Å². The number of hydrogen-bond acceptors (Lipinski definition) is 4. The molecule has 0 radical (unpaired) electrons. The van der Waals surface area contributed by atoms with E-state index in [1.54, 1.807) is 0 Å². The maximum absolute atomic E-state index is 11.3. The molecule has 0 saturated carbocycles. The predicted octanol–water partition coefficient (Wildman–Crippen LogP) is -2.26. The Morgan fingerprint density at radius 1 is 1.36 bits per heavy atom. The Labute approximate surface area is 81.2 Å². The predicted molar refractivity (Wildman–Crippen MR) is 47.2 cm³/mol. The molecule has 0 aromatic heterocycles. The van der Waals surface area contributed by atoms with E-state index in [4.69, 9.17) is 0 Å². The van der Waals surface area contributed by atoms with Crippen LogP contribution in [0.5, 0.6) is 0 Å². The van der Waals surface area contributed by atoms with Crippen LogP contribution in [0, 0.1) is 0 Å². The SMILES string of the molecule is O=C1NCC(=O)N2CCS(=O)(=O)C[C@@H]12. The van der Waals surface area contributed by atoms with E-state index in [9.17, 15) is 18.0 Å². The molecule has 0 unspecified atom stereocenters. The zero-order chi connectivity index (χ0) is 10.3. The molecule has 2 heterocycles. The van der Waals surface area contributed by atoms with Gasteiger partial charge in [0, 0.05) is 6.54 Å². The van der Waals surface area contributed by atoms with Crippen molar-refractivity contribution in [3.63, 3.8) is 0 Å². The molecule has 7 heteroatoms. The molecule has 2 rings (SSSR count). The van der Waals surface area contributed by atoms with Gasteiger partial charge in [0.25, 0.3) is 0 Å². The number of hydrogen-bond donors (Lipinski definition) is 1. The summed E-state index contributed by atoms with van der Waals surface area (Å²) in [5.74, 6) is -0.857. The van der Waals surface area contributed by atoms with E-state index in [-0.39, 0.29) is 36.4 Å². The highest BCUT2D eigenvalue weighted by Crippen LogP contribution is 2.14. The maximum Gasteiger partial charge on any atom is 0.244 e. The molecule has 0 aromatic carbocycles. The van der Waals surface area contributed by atoms with Crippen molar-refractivity contribution in [1.82, 2.24) is 10.2 Å². The number of amides is 2. The van der Waals surface area contributed by atoms with Gasteiger partial charge in [-0.3, -0.25) is 9.59 Å². The minimum atomic E-state index is -3.16. The first-order chi connectivity index (χ1) is 6.49. The fourth-order valence-corrected chi connectivity index (χ4v) is 3.16. The molecule has 0 bridgehead atoms. The van der Waals surface area contributed by atoms with Crippen molar-refractivity contribution in [2.45, 2.75) is 6.04 Å². The largest absolute Gasteiger partial charge is 0.345 e. The number of sulfone groups is 1. The van der Waals surface area contributed by atoms with E-state index in [1.807, 2.05) is 0 Å². The lowest BCUT2D eigenvalue weighted by Crippen LogP contribution is -2.63. The standard InChI is InChI=1S/C7H10N2O4S/c10-6-3-8-7(11)5-4-14(12,13)2-1-9(5)6/h5H,1-4H2,(H,8,11)/t5-/m0/s1. The molecular weight excluding hydrogens is 208 g/mol. The van der Waals surface area contributed by atoms with Crippen LogP contribution in [0.2, 0.25) is 0 Å². The molecule has 1 N–H and O–H groups in total. The molecule has 2 saturated heterocycles. The lowest BCUT2D eigenvalue weighted by molar-refractivity contribution is -0.144. The first-order valence-electron chi connectivity index (χ1n) is 4.27. The third-order valence-corrected chi connectivity index (χ3v) is 4.10. The van der Waals surface area contributed by atoms with Crippen molar-refractivity contribution in [2.24, 2.45) is 0 Å². The van der Waals surface area contributed by atoms with Gasteiger partial charge in [0.15, 0.2) is 9.84 Å². The summed E-state index contributed by atoms with van der Waals surface area (Å²) in [6.07, 6.45) is 0. The van der Waals surface area contributed by atoms with E-state index < -0.39 is 15.9 Å². The number of rotatable bonds is 0. The smallest absolute Gasteiger partial charge is 0.244 e. The lowest BCUT2D eigenvalue weighted by Gasteiger charge is -2.37. The van der Waals surface area contributed by atoms with Gasteiger partial charge in [0.05, 0.1) is 18.1 Å². The molecule has 6 nitrogen and oxygen atoms in total. The van der Waals surface area contributed by atoms with Crippen molar-refractivity contribution in [1.29, 1.82) is 0 Å². The van der Waals surface area contributed by atoms with Gasteiger partial charge in [-0.25, -0.2) is 8.42 Å². The molecule has 0 aromatic rings. The quantitative estimate of drug-likeness (QED) is 0.497. The van der Waals surface area contributed by atoms with E-state index >= 15 is 0 Å². The zero-order valence-electron chi connectivity index (χ0n) is 7.39. The van der Waals surface area contributed by atoms with Crippen LogP contribution in [0.4, 0.5) is 0 Å². The second-order valence-electron chi connectivity index (χ2n) is 3.44. The molecule has 2 fully saturated rings. The molecule has 2 amide bonds. The normalized spacial score (nSPS) is 30.9. The van der Waals surface area contributed by atoms with Crippen LogP contribution in [0.15, 0.2) is 0 Å². The number of carbonyl (C=O) groups is 2. The molecule has 2 aliphatic heterocycles. The van der Waals surface area contributed by atoms with E-state index in [2.05, 4.69) is 5.32 Å². The number of nitrogens with zero attached hydrogens (tertiary/aromatic N) is 1. The van der Waals surface area contributed by atoms with Crippen molar-refractivity contribution < 1.29 is 18.0 Å². The molecule has 0 spiro atoms. The molecule has 0 aliphatic carbocycles.